The third-order valence-corrected chi connectivity index (χ3v) is 3.15. The van der Waals surface area contributed by atoms with Crippen LogP contribution >= 0.6 is 27.3 Å². The highest BCUT2D eigenvalue weighted by Crippen LogP contribution is 2.37. The van der Waals surface area contributed by atoms with Crippen molar-refractivity contribution in [3.63, 3.8) is 0 Å². The minimum atomic E-state index is -4.42. The molecule has 0 bridgehead atoms. The molecule has 84 valence electrons. The monoisotopic (exact) mass is 309 g/mol. The molecule has 3 nitrogen and oxygen atoms in total. The van der Waals surface area contributed by atoms with E-state index in [1.807, 2.05) is 0 Å². The average molecular weight is 310 g/mol. The minimum absolute atomic E-state index is 0.0572. The lowest BCUT2D eigenvalue weighted by Gasteiger charge is -2.09. The summed E-state index contributed by atoms with van der Waals surface area (Å²) < 4.78 is 38.4. The van der Waals surface area contributed by atoms with Crippen LogP contribution in [0.4, 0.5) is 13.2 Å². The van der Waals surface area contributed by atoms with Crippen molar-refractivity contribution in [2.45, 2.75) is 6.18 Å². The molecule has 0 N–H and O–H groups in total. The van der Waals surface area contributed by atoms with E-state index >= 15 is 0 Å². The van der Waals surface area contributed by atoms with E-state index in [-0.39, 0.29) is 10.6 Å². The first kappa shape index (κ1) is 11.5. The van der Waals surface area contributed by atoms with Gasteiger partial charge in [0.15, 0.2) is 8.92 Å². The van der Waals surface area contributed by atoms with Gasteiger partial charge in [-0.1, -0.05) is 11.3 Å². The standard InChI is InChI=1S/C8H3BrF3N3S/c9-7-15-14-6(16-7)4-3-13-2-1-5(4)8(10,11)12/h1-3H. The van der Waals surface area contributed by atoms with Crippen molar-refractivity contribution < 1.29 is 13.2 Å². The van der Waals surface area contributed by atoms with Gasteiger partial charge in [-0.3, -0.25) is 4.98 Å². The van der Waals surface area contributed by atoms with Crippen molar-refractivity contribution >= 4 is 27.3 Å². The fraction of sp³-hybridized carbons (Fsp3) is 0.125. The maximum atomic E-state index is 12.7. The van der Waals surface area contributed by atoms with Crippen LogP contribution in [0.1, 0.15) is 5.56 Å². The van der Waals surface area contributed by atoms with Crippen molar-refractivity contribution in [2.24, 2.45) is 0 Å². The molecule has 0 aliphatic rings. The third-order valence-electron chi connectivity index (χ3n) is 1.76. The van der Waals surface area contributed by atoms with Gasteiger partial charge >= 0.3 is 6.18 Å². The number of rotatable bonds is 1. The molecule has 0 radical (unpaired) electrons. The second-order valence-electron chi connectivity index (χ2n) is 2.78. The Morgan fingerprint density at radius 3 is 2.56 bits per heavy atom. The predicted octanol–water partition coefficient (Wildman–Crippen LogP) is 3.38. The molecule has 0 spiro atoms. The molecule has 16 heavy (non-hydrogen) atoms. The van der Waals surface area contributed by atoms with Crippen molar-refractivity contribution in [1.29, 1.82) is 0 Å². The second-order valence-corrected chi connectivity index (χ2v) is 5.03. The van der Waals surface area contributed by atoms with Gasteiger partial charge in [0.1, 0.15) is 0 Å². The van der Waals surface area contributed by atoms with E-state index < -0.39 is 11.7 Å². The Hall–Kier alpha value is -1.02. The summed E-state index contributed by atoms with van der Waals surface area (Å²) in [5.41, 5.74) is -0.815. The SMILES string of the molecule is FC(F)(F)c1ccncc1-c1nnc(Br)s1. The molecular formula is C8H3BrF3N3S. The molecule has 0 unspecified atom stereocenters. The molecule has 0 saturated heterocycles. The van der Waals surface area contributed by atoms with Gasteiger partial charge in [0.05, 0.1) is 5.56 Å². The Bertz CT molecular complexity index is 511. The minimum Gasteiger partial charge on any atom is -0.264 e. The van der Waals surface area contributed by atoms with Crippen LogP contribution in [0.2, 0.25) is 0 Å². The Balaban J connectivity index is 2.57. The Morgan fingerprint density at radius 2 is 2.00 bits per heavy atom. The summed E-state index contributed by atoms with van der Waals surface area (Å²) in [7, 11) is 0. The van der Waals surface area contributed by atoms with Gasteiger partial charge in [0.25, 0.3) is 0 Å². The lowest BCUT2D eigenvalue weighted by molar-refractivity contribution is -0.137. The normalized spacial score (nSPS) is 11.8. The Labute approximate surface area is 100 Å². The molecular weight excluding hydrogens is 307 g/mol. The fourth-order valence-corrected chi connectivity index (χ4v) is 2.26. The zero-order valence-electron chi connectivity index (χ0n) is 7.49. The molecule has 0 aliphatic carbocycles. The number of nitrogens with zero attached hydrogens (tertiary/aromatic N) is 3. The van der Waals surface area contributed by atoms with Gasteiger partial charge in [0, 0.05) is 18.0 Å². The molecule has 0 aromatic carbocycles. The highest BCUT2D eigenvalue weighted by molar-refractivity contribution is 9.11. The molecule has 2 heterocycles. The summed E-state index contributed by atoms with van der Waals surface area (Å²) in [6.07, 6.45) is -2.19. The van der Waals surface area contributed by atoms with Gasteiger partial charge < -0.3 is 0 Å². The van der Waals surface area contributed by atoms with E-state index in [0.717, 1.165) is 29.8 Å². The van der Waals surface area contributed by atoms with Crippen molar-refractivity contribution in [1.82, 2.24) is 15.2 Å². The number of alkyl halides is 3. The van der Waals surface area contributed by atoms with Gasteiger partial charge in [-0.15, -0.1) is 10.2 Å². The van der Waals surface area contributed by atoms with E-state index in [0.29, 0.717) is 3.92 Å². The Morgan fingerprint density at radius 1 is 1.25 bits per heavy atom. The quantitative estimate of drug-likeness (QED) is 0.810. The van der Waals surface area contributed by atoms with Crippen molar-refractivity contribution in [2.75, 3.05) is 0 Å². The van der Waals surface area contributed by atoms with Gasteiger partial charge in [-0.25, -0.2) is 0 Å². The molecule has 2 rings (SSSR count). The molecule has 0 atom stereocenters. The van der Waals surface area contributed by atoms with Gasteiger partial charge in [-0.05, 0) is 22.0 Å². The number of hydrogen-bond donors (Lipinski definition) is 0. The highest BCUT2D eigenvalue weighted by atomic mass is 79.9. The van der Waals surface area contributed by atoms with E-state index in [1.165, 1.54) is 0 Å². The number of halogens is 4. The van der Waals surface area contributed by atoms with E-state index in [1.54, 1.807) is 0 Å². The van der Waals surface area contributed by atoms with Crippen LogP contribution < -0.4 is 0 Å². The summed E-state index contributed by atoms with van der Waals surface area (Å²) in [6, 6.07) is 0.921. The van der Waals surface area contributed by atoms with E-state index in [2.05, 4.69) is 31.1 Å². The summed E-state index contributed by atoms with van der Waals surface area (Å²) >= 11 is 4.07. The summed E-state index contributed by atoms with van der Waals surface area (Å²) in [4.78, 5) is 3.67. The number of pyridine rings is 1. The molecule has 2 aromatic rings. The van der Waals surface area contributed by atoms with Gasteiger partial charge in [0.2, 0.25) is 0 Å². The first-order chi connectivity index (χ1) is 7.48. The smallest absolute Gasteiger partial charge is 0.264 e. The topological polar surface area (TPSA) is 38.7 Å². The second kappa shape index (κ2) is 4.10. The molecule has 0 fully saturated rings. The van der Waals surface area contributed by atoms with Crippen LogP contribution in [-0.4, -0.2) is 15.2 Å². The predicted molar refractivity (Wildman–Crippen MR) is 55.8 cm³/mol. The van der Waals surface area contributed by atoms with Crippen LogP contribution in [-0.2, 0) is 6.18 Å². The van der Waals surface area contributed by atoms with Crippen LogP contribution in [0.3, 0.4) is 0 Å². The van der Waals surface area contributed by atoms with Gasteiger partial charge in [-0.2, -0.15) is 13.2 Å². The van der Waals surface area contributed by atoms with Crippen LogP contribution in [0.25, 0.3) is 10.6 Å². The van der Waals surface area contributed by atoms with E-state index in [9.17, 15) is 13.2 Å². The molecule has 0 amide bonds. The lowest BCUT2D eigenvalue weighted by atomic mass is 10.1. The summed E-state index contributed by atoms with van der Waals surface area (Å²) in [5.74, 6) is 0. The largest absolute Gasteiger partial charge is 0.417 e. The van der Waals surface area contributed by atoms with Crippen LogP contribution in [0.5, 0.6) is 0 Å². The number of aromatic nitrogens is 3. The van der Waals surface area contributed by atoms with Crippen LogP contribution in [0, 0.1) is 0 Å². The average Bonchev–Trinajstić information content (AvgIpc) is 2.64. The zero-order valence-corrected chi connectivity index (χ0v) is 9.90. The van der Waals surface area contributed by atoms with Crippen molar-refractivity contribution in [3.8, 4) is 10.6 Å². The molecule has 2 aromatic heterocycles. The zero-order chi connectivity index (χ0) is 11.8. The third kappa shape index (κ3) is 2.22. The molecule has 8 heteroatoms. The molecule has 0 saturated carbocycles. The first-order valence-corrected chi connectivity index (χ1v) is 5.60. The van der Waals surface area contributed by atoms with Crippen LogP contribution in [0.15, 0.2) is 22.4 Å². The summed E-state index contributed by atoms with van der Waals surface area (Å²) in [5, 5.41) is 7.44. The first-order valence-electron chi connectivity index (χ1n) is 3.99. The van der Waals surface area contributed by atoms with Crippen molar-refractivity contribution in [3.05, 3.63) is 27.9 Å². The highest BCUT2D eigenvalue weighted by Gasteiger charge is 2.34. The number of hydrogen-bond acceptors (Lipinski definition) is 4. The maximum Gasteiger partial charge on any atom is 0.417 e. The van der Waals surface area contributed by atoms with E-state index in [4.69, 9.17) is 0 Å². The Kier molecular flexibility index (Phi) is 2.94. The maximum absolute atomic E-state index is 12.7. The summed E-state index contributed by atoms with van der Waals surface area (Å²) in [6.45, 7) is 0. The fourth-order valence-electron chi connectivity index (χ4n) is 1.13. The lowest BCUT2D eigenvalue weighted by Crippen LogP contribution is -2.07. The molecule has 0 aliphatic heterocycles.